The average Bonchev–Trinajstić information content (AvgIpc) is 3.07. The Morgan fingerprint density at radius 1 is 1.46 bits per heavy atom. The van der Waals surface area contributed by atoms with Crippen LogP contribution in [0.25, 0.3) is 0 Å². The fourth-order valence-electron chi connectivity index (χ4n) is 2.24. The maximum absolute atomic E-state index is 12.4. The molecule has 0 aliphatic heterocycles. The molecule has 0 aliphatic carbocycles. The van der Waals surface area contributed by atoms with Gasteiger partial charge in [-0.05, 0) is 28.6 Å². The van der Waals surface area contributed by atoms with Crippen molar-refractivity contribution in [2.75, 3.05) is 13.6 Å². The second-order valence-corrected chi connectivity index (χ2v) is 6.22. The lowest BCUT2D eigenvalue weighted by Crippen LogP contribution is -2.32. The molecule has 1 amide bonds. The number of hydrazone groups is 1. The van der Waals surface area contributed by atoms with E-state index in [-0.39, 0.29) is 11.9 Å². The number of benzene rings is 1. The minimum absolute atomic E-state index is 0.109. The van der Waals surface area contributed by atoms with Crippen LogP contribution in [0.2, 0.25) is 0 Å². The summed E-state index contributed by atoms with van der Waals surface area (Å²) in [6.07, 6.45) is 3.26. The Kier molecular flexibility index (Phi) is 6.72. The summed E-state index contributed by atoms with van der Waals surface area (Å²) >= 11 is 1.42. The molecule has 0 saturated carbocycles. The summed E-state index contributed by atoms with van der Waals surface area (Å²) in [6.45, 7) is 4.58. The predicted molar refractivity (Wildman–Crippen MR) is 100 cm³/mol. The van der Waals surface area contributed by atoms with E-state index in [1.165, 1.54) is 11.3 Å². The predicted octanol–water partition coefficient (Wildman–Crippen LogP) is 2.78. The highest BCUT2D eigenvalue weighted by Crippen LogP contribution is 2.18. The molecule has 1 unspecified atom stereocenters. The summed E-state index contributed by atoms with van der Waals surface area (Å²) in [5.74, 6) is -0.109. The first-order valence-electron chi connectivity index (χ1n) is 7.63. The Balaban J connectivity index is 2.00. The van der Waals surface area contributed by atoms with Crippen LogP contribution in [0, 0.1) is 0 Å². The van der Waals surface area contributed by atoms with Crippen LogP contribution in [0.1, 0.15) is 26.8 Å². The molecule has 0 radical (unpaired) electrons. The molecule has 3 N–H and O–H groups in total. The summed E-state index contributed by atoms with van der Waals surface area (Å²) in [6, 6.07) is 11.4. The Bertz CT molecular complexity index is 696. The van der Waals surface area contributed by atoms with Crippen LogP contribution in [0.4, 0.5) is 0 Å². The quantitative estimate of drug-likeness (QED) is 0.572. The van der Waals surface area contributed by atoms with Gasteiger partial charge in [0, 0.05) is 19.8 Å². The van der Waals surface area contributed by atoms with Crippen molar-refractivity contribution in [3.8, 4) is 0 Å². The molecule has 5 nitrogen and oxygen atoms in total. The summed E-state index contributed by atoms with van der Waals surface area (Å²) in [5.41, 5.74) is 7.85. The van der Waals surface area contributed by atoms with Gasteiger partial charge in [0.05, 0.1) is 17.5 Å². The SMILES string of the molecule is C=C/C=N\N(C)Cc1csc(C(=O)NC(CN)c2ccccc2)c1. The van der Waals surface area contributed by atoms with Crippen LogP contribution in [0.3, 0.4) is 0 Å². The number of nitrogens with zero attached hydrogens (tertiary/aromatic N) is 2. The van der Waals surface area contributed by atoms with Gasteiger partial charge in [-0.1, -0.05) is 36.9 Å². The van der Waals surface area contributed by atoms with Gasteiger partial charge in [0.25, 0.3) is 5.91 Å². The first-order valence-corrected chi connectivity index (χ1v) is 8.51. The normalized spacial score (nSPS) is 12.1. The third kappa shape index (κ3) is 5.04. The molecule has 1 atom stereocenters. The van der Waals surface area contributed by atoms with E-state index in [1.807, 2.05) is 48.8 Å². The first-order chi connectivity index (χ1) is 11.6. The maximum atomic E-state index is 12.4. The lowest BCUT2D eigenvalue weighted by Gasteiger charge is -2.16. The van der Waals surface area contributed by atoms with E-state index in [9.17, 15) is 4.79 Å². The molecule has 0 fully saturated rings. The average molecular weight is 342 g/mol. The lowest BCUT2D eigenvalue weighted by molar-refractivity contribution is 0.0942. The zero-order valence-corrected chi connectivity index (χ0v) is 14.5. The topological polar surface area (TPSA) is 70.7 Å². The summed E-state index contributed by atoms with van der Waals surface area (Å²) < 4.78 is 0. The van der Waals surface area contributed by atoms with E-state index >= 15 is 0 Å². The highest BCUT2D eigenvalue weighted by Gasteiger charge is 2.16. The molecule has 24 heavy (non-hydrogen) atoms. The largest absolute Gasteiger partial charge is 0.343 e. The third-order valence-corrected chi connectivity index (χ3v) is 4.38. The molecule has 0 aliphatic rings. The van der Waals surface area contributed by atoms with Crippen molar-refractivity contribution in [1.82, 2.24) is 10.3 Å². The number of amides is 1. The highest BCUT2D eigenvalue weighted by molar-refractivity contribution is 7.12. The third-order valence-electron chi connectivity index (χ3n) is 3.40. The molecule has 0 saturated heterocycles. The van der Waals surface area contributed by atoms with Gasteiger partial charge >= 0.3 is 0 Å². The van der Waals surface area contributed by atoms with Crippen LogP contribution in [0.5, 0.6) is 0 Å². The molecule has 126 valence electrons. The standard InChI is InChI=1S/C18H22N4OS/c1-3-9-20-22(2)12-14-10-17(24-13-14)18(23)21-16(11-19)15-7-5-4-6-8-15/h3-10,13,16H,1,11-12,19H2,2H3,(H,21,23)/b20-9-. The van der Waals surface area contributed by atoms with E-state index in [0.717, 1.165) is 11.1 Å². The number of nitrogens with one attached hydrogen (secondary N) is 1. The molecule has 6 heteroatoms. The molecule has 1 heterocycles. The van der Waals surface area contributed by atoms with Crippen molar-refractivity contribution in [2.45, 2.75) is 12.6 Å². The van der Waals surface area contributed by atoms with Gasteiger partial charge in [-0.3, -0.25) is 9.80 Å². The van der Waals surface area contributed by atoms with Crippen molar-refractivity contribution in [1.29, 1.82) is 0 Å². The van der Waals surface area contributed by atoms with E-state index in [2.05, 4.69) is 17.0 Å². The smallest absolute Gasteiger partial charge is 0.261 e. The second kappa shape index (κ2) is 9.00. The van der Waals surface area contributed by atoms with Crippen molar-refractivity contribution in [3.63, 3.8) is 0 Å². The number of hydrogen-bond donors (Lipinski definition) is 2. The number of thiophene rings is 1. The van der Waals surface area contributed by atoms with Crippen molar-refractivity contribution >= 4 is 23.5 Å². The van der Waals surface area contributed by atoms with E-state index in [0.29, 0.717) is 18.0 Å². The fraction of sp³-hybridized carbons (Fsp3) is 0.222. The number of nitrogens with two attached hydrogens (primary N) is 1. The Morgan fingerprint density at radius 3 is 2.88 bits per heavy atom. The van der Waals surface area contributed by atoms with Gasteiger partial charge in [-0.15, -0.1) is 11.3 Å². The van der Waals surface area contributed by atoms with Gasteiger partial charge in [-0.25, -0.2) is 0 Å². The van der Waals surface area contributed by atoms with Crippen LogP contribution in [-0.2, 0) is 6.54 Å². The highest BCUT2D eigenvalue weighted by atomic mass is 32.1. The first kappa shape index (κ1) is 17.9. The van der Waals surface area contributed by atoms with Crippen molar-refractivity contribution < 1.29 is 4.79 Å². The zero-order valence-electron chi connectivity index (χ0n) is 13.7. The zero-order chi connectivity index (χ0) is 17.4. The number of carbonyl (C=O) groups excluding carboxylic acids is 1. The minimum atomic E-state index is -0.191. The molecule has 0 bridgehead atoms. The minimum Gasteiger partial charge on any atom is -0.343 e. The summed E-state index contributed by atoms with van der Waals surface area (Å²) in [7, 11) is 1.87. The molecule has 1 aromatic heterocycles. The van der Waals surface area contributed by atoms with Crippen molar-refractivity contribution in [3.05, 3.63) is 70.4 Å². The second-order valence-electron chi connectivity index (χ2n) is 5.31. The van der Waals surface area contributed by atoms with E-state index in [1.54, 1.807) is 17.3 Å². The number of hydrogen-bond acceptors (Lipinski definition) is 5. The van der Waals surface area contributed by atoms with Crippen molar-refractivity contribution in [2.24, 2.45) is 10.8 Å². The number of rotatable bonds is 8. The molecule has 0 spiro atoms. The van der Waals surface area contributed by atoms with Crippen LogP contribution < -0.4 is 11.1 Å². The lowest BCUT2D eigenvalue weighted by atomic mass is 10.1. The van der Waals surface area contributed by atoms with E-state index < -0.39 is 0 Å². The van der Waals surface area contributed by atoms with Gasteiger partial charge in [0.1, 0.15) is 0 Å². The van der Waals surface area contributed by atoms with Crippen LogP contribution >= 0.6 is 11.3 Å². The summed E-state index contributed by atoms with van der Waals surface area (Å²) in [4.78, 5) is 13.1. The van der Waals surface area contributed by atoms with Crippen LogP contribution in [-0.4, -0.2) is 30.7 Å². The van der Waals surface area contributed by atoms with Gasteiger partial charge in [0.15, 0.2) is 0 Å². The Hall–Kier alpha value is -2.44. The molecule has 2 aromatic rings. The molecular weight excluding hydrogens is 320 g/mol. The summed E-state index contributed by atoms with van der Waals surface area (Å²) in [5, 5.41) is 10.9. The monoisotopic (exact) mass is 342 g/mol. The Labute approximate surface area is 146 Å². The maximum Gasteiger partial charge on any atom is 0.261 e. The van der Waals surface area contributed by atoms with Gasteiger partial charge < -0.3 is 11.1 Å². The van der Waals surface area contributed by atoms with E-state index in [4.69, 9.17) is 5.73 Å². The van der Waals surface area contributed by atoms with Crippen LogP contribution in [0.15, 0.2) is 59.5 Å². The number of allylic oxidation sites excluding steroid dienone is 1. The fourth-order valence-corrected chi connectivity index (χ4v) is 3.04. The number of carbonyl (C=O) groups is 1. The molecule has 1 aromatic carbocycles. The van der Waals surface area contributed by atoms with Gasteiger partial charge in [0.2, 0.25) is 0 Å². The molecular formula is C18H22N4OS. The Morgan fingerprint density at radius 2 is 2.21 bits per heavy atom. The molecule has 2 rings (SSSR count). The van der Waals surface area contributed by atoms with Gasteiger partial charge in [-0.2, -0.15) is 5.10 Å².